The third kappa shape index (κ3) is 5.91. The van der Waals surface area contributed by atoms with Crippen LogP contribution in [0, 0.1) is 5.92 Å². The predicted octanol–water partition coefficient (Wildman–Crippen LogP) is 2.85. The summed E-state index contributed by atoms with van der Waals surface area (Å²) in [7, 11) is 0. The molecule has 30 heavy (non-hydrogen) atoms. The number of nitrogens with zero attached hydrogens (tertiary/aromatic N) is 3. The van der Waals surface area contributed by atoms with E-state index in [9.17, 15) is 4.79 Å². The van der Waals surface area contributed by atoms with Crippen LogP contribution < -0.4 is 21.0 Å². The molecule has 1 aromatic heterocycles. The van der Waals surface area contributed by atoms with Gasteiger partial charge in [-0.05, 0) is 68.2 Å². The standard InChI is InChI=1S/C21H27ClN6O2/c1-2-24-19-4-3-18(22)11-16(19)5-8-23-12-15-6-9-28(10-7-15)21-25-13-17(14-26-21)20(29)27-30/h2-4,11,13-15,23-24,30H,1,5-10,12H2,(H,27,29). The van der Waals surface area contributed by atoms with Crippen molar-refractivity contribution in [1.82, 2.24) is 20.8 Å². The summed E-state index contributed by atoms with van der Waals surface area (Å²) in [6.07, 6.45) is 7.51. The van der Waals surface area contributed by atoms with Gasteiger partial charge in [-0.25, -0.2) is 15.4 Å². The van der Waals surface area contributed by atoms with Crippen molar-refractivity contribution in [2.75, 3.05) is 36.4 Å². The summed E-state index contributed by atoms with van der Waals surface area (Å²) >= 11 is 6.13. The maximum atomic E-state index is 11.4. The molecule has 0 atom stereocenters. The quantitative estimate of drug-likeness (QED) is 0.275. The van der Waals surface area contributed by atoms with E-state index in [2.05, 4.69) is 32.1 Å². The average molecular weight is 431 g/mol. The Morgan fingerprint density at radius 2 is 2.03 bits per heavy atom. The molecule has 1 aromatic carbocycles. The highest BCUT2D eigenvalue weighted by atomic mass is 35.5. The van der Waals surface area contributed by atoms with E-state index in [1.54, 1.807) is 11.7 Å². The number of hydroxylamine groups is 1. The molecule has 3 rings (SSSR count). The van der Waals surface area contributed by atoms with Crippen molar-refractivity contribution in [1.29, 1.82) is 0 Å². The largest absolute Gasteiger partial charge is 0.362 e. The van der Waals surface area contributed by atoms with Crippen LogP contribution in [0.4, 0.5) is 11.6 Å². The minimum absolute atomic E-state index is 0.228. The fourth-order valence-corrected chi connectivity index (χ4v) is 3.75. The third-order valence-electron chi connectivity index (χ3n) is 5.23. The van der Waals surface area contributed by atoms with Gasteiger partial charge >= 0.3 is 0 Å². The van der Waals surface area contributed by atoms with Crippen LogP contribution in [0.2, 0.25) is 5.02 Å². The van der Waals surface area contributed by atoms with Gasteiger partial charge in [-0.1, -0.05) is 18.2 Å². The average Bonchev–Trinajstić information content (AvgIpc) is 2.78. The van der Waals surface area contributed by atoms with Crippen molar-refractivity contribution in [2.45, 2.75) is 19.3 Å². The summed E-state index contributed by atoms with van der Waals surface area (Å²) in [4.78, 5) is 22.0. The number of halogens is 1. The molecule has 160 valence electrons. The minimum atomic E-state index is -0.614. The highest BCUT2D eigenvalue weighted by molar-refractivity contribution is 6.30. The normalized spacial score (nSPS) is 14.4. The fourth-order valence-electron chi connectivity index (χ4n) is 3.55. The summed E-state index contributed by atoms with van der Waals surface area (Å²) in [5.41, 5.74) is 4.01. The van der Waals surface area contributed by atoms with E-state index in [0.717, 1.165) is 56.2 Å². The number of benzene rings is 1. The minimum Gasteiger partial charge on any atom is -0.362 e. The van der Waals surface area contributed by atoms with Crippen molar-refractivity contribution in [3.8, 4) is 0 Å². The lowest BCUT2D eigenvalue weighted by molar-refractivity contribution is 0.0705. The van der Waals surface area contributed by atoms with Gasteiger partial charge in [0.05, 0.1) is 5.56 Å². The SMILES string of the molecule is C=CNc1ccc(Cl)cc1CCNCC1CCN(c2ncc(C(=O)NO)cn2)CC1. The number of aromatic nitrogens is 2. The van der Waals surface area contributed by atoms with E-state index < -0.39 is 5.91 Å². The summed E-state index contributed by atoms with van der Waals surface area (Å²) in [5.74, 6) is 0.599. The second kappa shape index (κ2) is 10.9. The first kappa shape index (κ1) is 22.0. The Morgan fingerprint density at radius 1 is 1.30 bits per heavy atom. The lowest BCUT2D eigenvalue weighted by Crippen LogP contribution is -2.38. The number of rotatable bonds is 9. The Hall–Kier alpha value is -2.68. The molecule has 1 amide bonds. The first-order valence-electron chi connectivity index (χ1n) is 9.98. The molecule has 1 fully saturated rings. The molecule has 0 spiro atoms. The number of hydrogen-bond acceptors (Lipinski definition) is 7. The van der Waals surface area contributed by atoms with Crippen molar-refractivity contribution >= 4 is 29.1 Å². The molecule has 0 unspecified atom stereocenters. The van der Waals surface area contributed by atoms with E-state index in [1.807, 2.05) is 18.2 Å². The van der Waals surface area contributed by atoms with E-state index in [0.29, 0.717) is 11.9 Å². The van der Waals surface area contributed by atoms with Crippen molar-refractivity contribution in [3.05, 3.63) is 59.5 Å². The first-order chi connectivity index (χ1) is 14.6. The van der Waals surface area contributed by atoms with Crippen LogP contribution in [0.1, 0.15) is 28.8 Å². The van der Waals surface area contributed by atoms with Gasteiger partial charge in [0.1, 0.15) is 0 Å². The zero-order chi connectivity index (χ0) is 21.3. The number of carbonyl (C=O) groups is 1. The van der Waals surface area contributed by atoms with Gasteiger partial charge in [-0.3, -0.25) is 10.0 Å². The van der Waals surface area contributed by atoms with E-state index in [1.165, 1.54) is 18.0 Å². The van der Waals surface area contributed by atoms with Crippen LogP contribution in [0.3, 0.4) is 0 Å². The molecule has 8 nitrogen and oxygen atoms in total. The van der Waals surface area contributed by atoms with E-state index in [4.69, 9.17) is 16.8 Å². The van der Waals surface area contributed by atoms with Crippen molar-refractivity contribution in [3.63, 3.8) is 0 Å². The fraction of sp³-hybridized carbons (Fsp3) is 0.381. The molecule has 0 radical (unpaired) electrons. The van der Waals surface area contributed by atoms with Gasteiger partial charge in [0.15, 0.2) is 0 Å². The molecular formula is C21H27ClN6O2. The molecule has 1 aliphatic heterocycles. The van der Waals surface area contributed by atoms with E-state index in [-0.39, 0.29) is 5.56 Å². The monoisotopic (exact) mass is 430 g/mol. The molecule has 2 aromatic rings. The van der Waals surface area contributed by atoms with Gasteiger partial charge in [-0.2, -0.15) is 0 Å². The number of carbonyl (C=O) groups excluding carboxylic acids is 1. The lowest BCUT2D eigenvalue weighted by atomic mass is 9.97. The van der Waals surface area contributed by atoms with Crippen LogP contribution >= 0.6 is 11.6 Å². The molecule has 1 aliphatic rings. The molecule has 4 N–H and O–H groups in total. The van der Waals surface area contributed by atoms with Crippen LogP contribution in [-0.4, -0.2) is 47.3 Å². The maximum Gasteiger partial charge on any atom is 0.277 e. The first-order valence-corrected chi connectivity index (χ1v) is 10.4. The molecule has 2 heterocycles. The van der Waals surface area contributed by atoms with Crippen molar-refractivity contribution in [2.24, 2.45) is 5.92 Å². The topological polar surface area (TPSA) is 102 Å². The van der Waals surface area contributed by atoms with Gasteiger partial charge in [0, 0.05) is 36.2 Å². The van der Waals surface area contributed by atoms with Crippen LogP contribution in [-0.2, 0) is 6.42 Å². The Kier molecular flexibility index (Phi) is 8.01. The Bertz CT molecular complexity index is 853. The molecule has 9 heteroatoms. The van der Waals surface area contributed by atoms with Crippen LogP contribution in [0.15, 0.2) is 43.4 Å². The predicted molar refractivity (Wildman–Crippen MR) is 118 cm³/mol. The second-order valence-corrected chi connectivity index (χ2v) is 7.68. The Labute approximate surface area is 181 Å². The van der Waals surface area contributed by atoms with Gasteiger partial charge in [0.25, 0.3) is 5.91 Å². The molecule has 0 bridgehead atoms. The highest BCUT2D eigenvalue weighted by Crippen LogP contribution is 2.22. The number of nitrogens with one attached hydrogen (secondary N) is 3. The van der Waals surface area contributed by atoms with Gasteiger partial charge in [0.2, 0.25) is 5.95 Å². The molecule has 0 aliphatic carbocycles. The summed E-state index contributed by atoms with van der Waals surface area (Å²) in [6.45, 7) is 7.32. The van der Waals surface area contributed by atoms with Crippen molar-refractivity contribution < 1.29 is 10.0 Å². The van der Waals surface area contributed by atoms with Gasteiger partial charge in [-0.15, -0.1) is 0 Å². The molecule has 1 saturated heterocycles. The highest BCUT2D eigenvalue weighted by Gasteiger charge is 2.21. The lowest BCUT2D eigenvalue weighted by Gasteiger charge is -2.32. The Morgan fingerprint density at radius 3 is 2.70 bits per heavy atom. The van der Waals surface area contributed by atoms with E-state index >= 15 is 0 Å². The zero-order valence-corrected chi connectivity index (χ0v) is 17.5. The third-order valence-corrected chi connectivity index (χ3v) is 5.46. The van der Waals surface area contributed by atoms with Gasteiger partial charge < -0.3 is 15.5 Å². The smallest absolute Gasteiger partial charge is 0.277 e. The molecular weight excluding hydrogens is 404 g/mol. The number of anilines is 2. The number of amides is 1. The molecule has 0 saturated carbocycles. The second-order valence-electron chi connectivity index (χ2n) is 7.25. The Balaban J connectivity index is 1.41. The number of hydrogen-bond donors (Lipinski definition) is 4. The summed E-state index contributed by atoms with van der Waals surface area (Å²) in [5, 5.41) is 16.1. The van der Waals surface area contributed by atoms with Crippen LogP contribution in [0.5, 0.6) is 0 Å². The zero-order valence-electron chi connectivity index (χ0n) is 16.8. The summed E-state index contributed by atoms with van der Waals surface area (Å²) in [6, 6.07) is 5.83. The number of piperidine rings is 1. The maximum absolute atomic E-state index is 11.4. The summed E-state index contributed by atoms with van der Waals surface area (Å²) < 4.78 is 0. The van der Waals surface area contributed by atoms with Crippen LogP contribution in [0.25, 0.3) is 0 Å².